The summed E-state index contributed by atoms with van der Waals surface area (Å²) in [6.45, 7) is 2.03. The Kier molecular flexibility index (Phi) is 3.62. The van der Waals surface area contributed by atoms with Gasteiger partial charge in [-0.1, -0.05) is 0 Å². The summed E-state index contributed by atoms with van der Waals surface area (Å²) in [5.74, 6) is 0. The molecule has 4 heteroatoms. The molecule has 1 fully saturated rings. The third-order valence-corrected chi connectivity index (χ3v) is 2.82. The molecule has 0 heterocycles. The summed E-state index contributed by atoms with van der Waals surface area (Å²) in [4.78, 5) is 0. The van der Waals surface area contributed by atoms with Crippen molar-refractivity contribution in [3.8, 4) is 0 Å². The van der Waals surface area contributed by atoms with Crippen LogP contribution in [0.1, 0.15) is 26.2 Å². The van der Waals surface area contributed by atoms with Crippen molar-refractivity contribution in [2.24, 2.45) is 0 Å². The fraction of sp³-hybridized carbons (Fsp3) is 1.00. The second kappa shape index (κ2) is 4.33. The second-order valence-electron chi connectivity index (χ2n) is 3.74. The number of alkyl halides is 2. The van der Waals surface area contributed by atoms with E-state index in [1.165, 1.54) is 6.92 Å². The van der Waals surface area contributed by atoms with Gasteiger partial charge in [0.15, 0.2) is 0 Å². The van der Waals surface area contributed by atoms with Gasteiger partial charge in [-0.25, -0.2) is 8.78 Å². The Labute approximate surface area is 77.6 Å². The van der Waals surface area contributed by atoms with Gasteiger partial charge in [0.25, 0.3) is 6.43 Å². The van der Waals surface area contributed by atoms with E-state index in [0.717, 1.165) is 19.3 Å². The van der Waals surface area contributed by atoms with Crippen molar-refractivity contribution in [1.29, 1.82) is 0 Å². The van der Waals surface area contributed by atoms with Crippen LogP contribution in [0, 0.1) is 0 Å². The Balaban J connectivity index is 2.24. The molecule has 0 spiro atoms. The van der Waals surface area contributed by atoms with Gasteiger partial charge in [-0.3, -0.25) is 0 Å². The molecule has 2 nitrogen and oxygen atoms in total. The van der Waals surface area contributed by atoms with Crippen LogP contribution in [0.5, 0.6) is 0 Å². The molecule has 0 aliphatic heterocycles. The fourth-order valence-corrected chi connectivity index (χ4v) is 1.46. The van der Waals surface area contributed by atoms with E-state index in [1.54, 1.807) is 7.11 Å². The van der Waals surface area contributed by atoms with E-state index in [2.05, 4.69) is 5.32 Å². The zero-order valence-corrected chi connectivity index (χ0v) is 8.15. The Morgan fingerprint density at radius 1 is 1.46 bits per heavy atom. The van der Waals surface area contributed by atoms with Crippen LogP contribution in [0.15, 0.2) is 0 Å². The van der Waals surface area contributed by atoms with Crippen LogP contribution in [-0.2, 0) is 4.74 Å². The Hall–Kier alpha value is -0.220. The van der Waals surface area contributed by atoms with Gasteiger partial charge in [0.1, 0.15) is 0 Å². The molecule has 1 N–H and O–H groups in total. The zero-order valence-electron chi connectivity index (χ0n) is 8.15. The van der Waals surface area contributed by atoms with E-state index in [-0.39, 0.29) is 5.60 Å². The normalized spacial score (nSPS) is 22.8. The number of halogens is 2. The number of hydrogen-bond donors (Lipinski definition) is 1. The van der Waals surface area contributed by atoms with Crippen molar-refractivity contribution in [3.63, 3.8) is 0 Å². The van der Waals surface area contributed by atoms with E-state index in [0.29, 0.717) is 6.54 Å². The molecule has 0 aromatic heterocycles. The molecular weight excluding hydrogens is 176 g/mol. The molecule has 1 unspecified atom stereocenters. The molecule has 0 radical (unpaired) electrons. The van der Waals surface area contributed by atoms with E-state index in [4.69, 9.17) is 4.74 Å². The van der Waals surface area contributed by atoms with Gasteiger partial charge < -0.3 is 10.1 Å². The molecule has 78 valence electrons. The van der Waals surface area contributed by atoms with Gasteiger partial charge in [-0.05, 0) is 26.2 Å². The number of methoxy groups -OCH3 is 1. The molecule has 13 heavy (non-hydrogen) atoms. The first kappa shape index (κ1) is 10.9. The van der Waals surface area contributed by atoms with E-state index in [9.17, 15) is 8.78 Å². The predicted molar refractivity (Wildman–Crippen MR) is 47.1 cm³/mol. The highest BCUT2D eigenvalue weighted by atomic mass is 19.3. The summed E-state index contributed by atoms with van der Waals surface area (Å²) < 4.78 is 29.5. The van der Waals surface area contributed by atoms with Crippen LogP contribution in [0.2, 0.25) is 0 Å². The van der Waals surface area contributed by atoms with Crippen LogP contribution in [0.4, 0.5) is 8.78 Å². The van der Waals surface area contributed by atoms with Crippen LogP contribution < -0.4 is 5.32 Å². The Bertz CT molecular complexity index is 154. The average Bonchev–Trinajstić information content (AvgIpc) is 2.02. The fourth-order valence-electron chi connectivity index (χ4n) is 1.46. The lowest BCUT2D eigenvalue weighted by Crippen LogP contribution is -2.51. The number of ether oxygens (including phenoxy) is 1. The minimum atomic E-state index is -2.30. The Morgan fingerprint density at radius 3 is 2.38 bits per heavy atom. The largest absolute Gasteiger partial charge is 0.377 e. The maximum atomic E-state index is 12.1. The van der Waals surface area contributed by atoms with Crippen molar-refractivity contribution in [2.45, 2.75) is 44.3 Å². The SMILES string of the molecule is COC1(CNC(C)C(F)F)CCC1. The lowest BCUT2D eigenvalue weighted by Gasteiger charge is -2.41. The summed E-state index contributed by atoms with van der Waals surface area (Å²) in [7, 11) is 1.65. The van der Waals surface area contributed by atoms with Gasteiger partial charge in [0, 0.05) is 13.7 Å². The van der Waals surface area contributed by atoms with Crippen LogP contribution in [0.3, 0.4) is 0 Å². The van der Waals surface area contributed by atoms with Crippen LogP contribution in [-0.4, -0.2) is 31.7 Å². The molecule has 1 aliphatic carbocycles. The molecule has 1 atom stereocenters. The van der Waals surface area contributed by atoms with Crippen molar-refractivity contribution in [1.82, 2.24) is 5.32 Å². The van der Waals surface area contributed by atoms with Crippen molar-refractivity contribution >= 4 is 0 Å². The molecule has 0 bridgehead atoms. The van der Waals surface area contributed by atoms with Gasteiger partial charge in [0.05, 0.1) is 11.6 Å². The first-order valence-electron chi connectivity index (χ1n) is 4.66. The zero-order chi connectivity index (χ0) is 9.90. The van der Waals surface area contributed by atoms with Crippen LogP contribution >= 0.6 is 0 Å². The lowest BCUT2D eigenvalue weighted by atomic mass is 9.80. The monoisotopic (exact) mass is 193 g/mol. The molecule has 1 saturated carbocycles. The maximum absolute atomic E-state index is 12.1. The van der Waals surface area contributed by atoms with Crippen molar-refractivity contribution in [2.75, 3.05) is 13.7 Å². The van der Waals surface area contributed by atoms with E-state index in [1.807, 2.05) is 0 Å². The van der Waals surface area contributed by atoms with Crippen LogP contribution in [0.25, 0.3) is 0 Å². The molecule has 1 aliphatic rings. The Morgan fingerprint density at radius 2 is 2.08 bits per heavy atom. The topological polar surface area (TPSA) is 21.3 Å². The number of nitrogens with one attached hydrogen (secondary N) is 1. The molecule has 1 rings (SSSR count). The highest BCUT2D eigenvalue weighted by molar-refractivity contribution is 4.92. The quantitative estimate of drug-likeness (QED) is 0.718. The van der Waals surface area contributed by atoms with Crippen molar-refractivity contribution in [3.05, 3.63) is 0 Å². The molecule has 0 amide bonds. The highest BCUT2D eigenvalue weighted by Crippen LogP contribution is 2.34. The van der Waals surface area contributed by atoms with E-state index >= 15 is 0 Å². The lowest BCUT2D eigenvalue weighted by molar-refractivity contribution is -0.0733. The van der Waals surface area contributed by atoms with Gasteiger partial charge in [0.2, 0.25) is 0 Å². The minimum Gasteiger partial charge on any atom is -0.377 e. The molecule has 0 aromatic carbocycles. The smallest absolute Gasteiger partial charge is 0.253 e. The molecular formula is C9H17F2NO. The third-order valence-electron chi connectivity index (χ3n) is 2.82. The summed E-state index contributed by atoms with van der Waals surface area (Å²) in [6, 6.07) is -0.743. The minimum absolute atomic E-state index is 0.164. The summed E-state index contributed by atoms with van der Waals surface area (Å²) in [5, 5.41) is 2.80. The van der Waals surface area contributed by atoms with Gasteiger partial charge in [-0.2, -0.15) is 0 Å². The average molecular weight is 193 g/mol. The molecule has 0 aromatic rings. The van der Waals surface area contributed by atoms with Crippen molar-refractivity contribution < 1.29 is 13.5 Å². The second-order valence-corrected chi connectivity index (χ2v) is 3.74. The third kappa shape index (κ3) is 2.61. The predicted octanol–water partition coefficient (Wildman–Crippen LogP) is 1.80. The number of rotatable bonds is 5. The number of hydrogen-bond acceptors (Lipinski definition) is 2. The van der Waals surface area contributed by atoms with Gasteiger partial charge in [-0.15, -0.1) is 0 Å². The van der Waals surface area contributed by atoms with Gasteiger partial charge >= 0.3 is 0 Å². The molecule has 0 saturated heterocycles. The summed E-state index contributed by atoms with van der Waals surface area (Å²) in [6.07, 6.45) is 0.797. The highest BCUT2D eigenvalue weighted by Gasteiger charge is 2.37. The first-order valence-corrected chi connectivity index (χ1v) is 4.66. The van der Waals surface area contributed by atoms with E-state index < -0.39 is 12.5 Å². The summed E-state index contributed by atoms with van der Waals surface area (Å²) in [5.41, 5.74) is -0.164. The standard InChI is InChI=1S/C9H17F2NO/c1-7(8(10)11)12-6-9(13-2)4-3-5-9/h7-8,12H,3-6H2,1-2H3. The summed E-state index contributed by atoms with van der Waals surface area (Å²) >= 11 is 0. The maximum Gasteiger partial charge on any atom is 0.253 e. The first-order chi connectivity index (χ1) is 6.09.